The van der Waals surface area contributed by atoms with Gasteiger partial charge in [0.25, 0.3) is 0 Å². The summed E-state index contributed by atoms with van der Waals surface area (Å²) in [6.45, 7) is 2.04. The third kappa shape index (κ3) is 3.30. The topological polar surface area (TPSA) is 69.1 Å². The highest BCUT2D eigenvalue weighted by Crippen LogP contribution is 2.24. The quantitative estimate of drug-likeness (QED) is 0.655. The molecule has 6 nitrogen and oxygen atoms in total. The smallest absolute Gasteiger partial charge is 0.216 e. The SMILES string of the molecule is CCc1nc(=S)n(CC(=O)c2cc(OC)ccc2OC)[nH]1. The summed E-state index contributed by atoms with van der Waals surface area (Å²) in [6, 6.07) is 5.10. The van der Waals surface area contributed by atoms with E-state index >= 15 is 0 Å². The van der Waals surface area contributed by atoms with Crippen LogP contribution in [0.25, 0.3) is 0 Å². The Morgan fingerprint density at radius 2 is 2.14 bits per heavy atom. The highest BCUT2D eigenvalue weighted by Gasteiger charge is 2.15. The van der Waals surface area contributed by atoms with Gasteiger partial charge in [-0.2, -0.15) is 0 Å². The lowest BCUT2D eigenvalue weighted by Gasteiger charge is -2.09. The van der Waals surface area contributed by atoms with Crippen molar-refractivity contribution < 1.29 is 14.3 Å². The molecular weight excluding hydrogens is 290 g/mol. The van der Waals surface area contributed by atoms with Gasteiger partial charge in [0.05, 0.1) is 19.8 Å². The molecule has 0 bridgehead atoms. The van der Waals surface area contributed by atoms with Crippen LogP contribution in [0.2, 0.25) is 0 Å². The van der Waals surface area contributed by atoms with Gasteiger partial charge in [-0.1, -0.05) is 6.92 Å². The van der Waals surface area contributed by atoms with Crippen molar-refractivity contribution in [1.29, 1.82) is 0 Å². The molecule has 1 aromatic heterocycles. The zero-order chi connectivity index (χ0) is 15.4. The molecule has 0 aliphatic heterocycles. The second kappa shape index (κ2) is 6.53. The Hall–Kier alpha value is -2.15. The number of methoxy groups -OCH3 is 2. The maximum absolute atomic E-state index is 12.5. The lowest BCUT2D eigenvalue weighted by molar-refractivity contribution is 0.0963. The molecule has 0 atom stereocenters. The van der Waals surface area contributed by atoms with Crippen molar-refractivity contribution in [3.8, 4) is 11.5 Å². The van der Waals surface area contributed by atoms with Crippen molar-refractivity contribution in [1.82, 2.24) is 14.8 Å². The van der Waals surface area contributed by atoms with E-state index in [0.717, 1.165) is 12.2 Å². The van der Waals surface area contributed by atoms with Gasteiger partial charge in [-0.25, -0.2) is 4.98 Å². The van der Waals surface area contributed by atoms with Crippen LogP contribution >= 0.6 is 12.2 Å². The normalized spacial score (nSPS) is 10.4. The summed E-state index contributed by atoms with van der Waals surface area (Å²) in [7, 11) is 3.07. The maximum Gasteiger partial charge on any atom is 0.216 e. The van der Waals surface area contributed by atoms with Crippen LogP contribution in [0.1, 0.15) is 23.1 Å². The summed E-state index contributed by atoms with van der Waals surface area (Å²) in [6.07, 6.45) is 0.729. The summed E-state index contributed by atoms with van der Waals surface area (Å²) in [5.74, 6) is 1.72. The minimum Gasteiger partial charge on any atom is -0.497 e. The number of hydrogen-bond donors (Lipinski definition) is 1. The van der Waals surface area contributed by atoms with Gasteiger partial charge in [0, 0.05) is 6.42 Å². The fourth-order valence-electron chi connectivity index (χ4n) is 1.93. The Morgan fingerprint density at radius 1 is 1.38 bits per heavy atom. The highest BCUT2D eigenvalue weighted by molar-refractivity contribution is 7.71. The second-order valence-corrected chi connectivity index (χ2v) is 4.75. The second-order valence-electron chi connectivity index (χ2n) is 4.38. The van der Waals surface area contributed by atoms with Gasteiger partial charge in [0.2, 0.25) is 4.77 Å². The zero-order valence-electron chi connectivity index (χ0n) is 12.2. The summed E-state index contributed by atoms with van der Waals surface area (Å²) in [5, 5.41) is 3.01. The molecule has 0 fully saturated rings. The molecule has 112 valence electrons. The number of nitrogens with one attached hydrogen (secondary N) is 1. The van der Waals surface area contributed by atoms with E-state index in [2.05, 4.69) is 10.1 Å². The predicted octanol–water partition coefficient (Wildman–Crippen LogP) is 2.40. The Labute approximate surface area is 127 Å². The molecule has 0 unspecified atom stereocenters. The summed E-state index contributed by atoms with van der Waals surface area (Å²) in [5.41, 5.74) is 0.450. The van der Waals surface area contributed by atoms with E-state index in [1.807, 2.05) is 6.92 Å². The number of rotatable bonds is 6. The lowest BCUT2D eigenvalue weighted by Crippen LogP contribution is -2.13. The number of H-pyrrole nitrogens is 1. The van der Waals surface area contributed by atoms with Gasteiger partial charge in [0.1, 0.15) is 23.9 Å². The molecule has 2 rings (SSSR count). The Balaban J connectivity index is 2.31. The number of aromatic nitrogens is 3. The molecule has 1 N–H and O–H groups in total. The van der Waals surface area contributed by atoms with Crippen LogP contribution in [0.15, 0.2) is 18.2 Å². The monoisotopic (exact) mass is 307 g/mol. The Bertz CT molecular complexity index is 706. The number of aromatic amines is 1. The van der Waals surface area contributed by atoms with E-state index in [1.54, 1.807) is 30.0 Å². The van der Waals surface area contributed by atoms with Crippen molar-refractivity contribution in [2.45, 2.75) is 19.9 Å². The minimum atomic E-state index is -0.131. The van der Waals surface area contributed by atoms with Crippen molar-refractivity contribution >= 4 is 18.0 Å². The molecule has 2 aromatic rings. The van der Waals surface area contributed by atoms with Crippen LogP contribution in [0.4, 0.5) is 0 Å². The third-order valence-electron chi connectivity index (χ3n) is 3.07. The zero-order valence-corrected chi connectivity index (χ0v) is 13.0. The number of benzene rings is 1. The number of ether oxygens (including phenoxy) is 2. The predicted molar refractivity (Wildman–Crippen MR) is 80.7 cm³/mol. The van der Waals surface area contributed by atoms with Gasteiger partial charge in [-0.3, -0.25) is 14.6 Å². The molecular formula is C14H17N3O3S. The molecule has 0 saturated heterocycles. The van der Waals surface area contributed by atoms with E-state index in [4.69, 9.17) is 21.7 Å². The first-order valence-corrected chi connectivity index (χ1v) is 6.90. The number of carbonyl (C=O) groups is 1. The number of ketones is 1. The number of aryl methyl sites for hydroxylation is 1. The molecule has 21 heavy (non-hydrogen) atoms. The Morgan fingerprint density at radius 3 is 2.71 bits per heavy atom. The first-order chi connectivity index (χ1) is 10.1. The van der Waals surface area contributed by atoms with Crippen molar-refractivity contribution in [2.75, 3.05) is 14.2 Å². The van der Waals surface area contributed by atoms with Gasteiger partial charge >= 0.3 is 0 Å². The van der Waals surface area contributed by atoms with Crippen molar-refractivity contribution in [3.05, 3.63) is 34.4 Å². The van der Waals surface area contributed by atoms with Crippen LogP contribution in [0, 0.1) is 4.77 Å². The third-order valence-corrected chi connectivity index (χ3v) is 3.38. The Kier molecular flexibility index (Phi) is 4.74. The van der Waals surface area contributed by atoms with Crippen LogP contribution < -0.4 is 9.47 Å². The standard InChI is InChI=1S/C14H17N3O3S/c1-4-13-15-14(21)17(16-13)8-11(18)10-7-9(19-2)5-6-12(10)20-3/h5-7H,4,8H2,1-3H3,(H,15,16,21). The summed E-state index contributed by atoms with van der Waals surface area (Å²) in [4.78, 5) is 16.6. The van der Waals surface area contributed by atoms with Crippen LogP contribution in [-0.4, -0.2) is 34.8 Å². The molecule has 0 radical (unpaired) electrons. The average molecular weight is 307 g/mol. The number of carbonyl (C=O) groups excluding carboxylic acids is 1. The van der Waals surface area contributed by atoms with E-state index < -0.39 is 0 Å². The molecule has 0 amide bonds. The number of Topliss-reactive ketones (excluding diaryl/α,β-unsaturated/α-hetero) is 1. The van der Waals surface area contributed by atoms with Crippen LogP contribution in [0.5, 0.6) is 11.5 Å². The highest BCUT2D eigenvalue weighted by atomic mass is 32.1. The fourth-order valence-corrected chi connectivity index (χ4v) is 2.15. The van der Waals surface area contributed by atoms with Crippen molar-refractivity contribution in [3.63, 3.8) is 0 Å². The first kappa shape index (κ1) is 15.2. The van der Waals surface area contributed by atoms with E-state index in [0.29, 0.717) is 21.8 Å². The molecule has 7 heteroatoms. The maximum atomic E-state index is 12.5. The molecule has 1 heterocycles. The number of nitrogens with zero attached hydrogens (tertiary/aromatic N) is 2. The fraction of sp³-hybridized carbons (Fsp3) is 0.357. The van der Waals surface area contributed by atoms with Gasteiger partial charge in [-0.15, -0.1) is 0 Å². The van der Waals surface area contributed by atoms with Gasteiger partial charge in [-0.05, 0) is 30.4 Å². The average Bonchev–Trinajstić information content (AvgIpc) is 2.86. The number of hydrogen-bond acceptors (Lipinski definition) is 5. The molecule has 1 aromatic carbocycles. The molecule has 0 saturated carbocycles. The van der Waals surface area contributed by atoms with Crippen molar-refractivity contribution in [2.24, 2.45) is 0 Å². The van der Waals surface area contributed by atoms with Crippen LogP contribution in [0.3, 0.4) is 0 Å². The lowest BCUT2D eigenvalue weighted by atomic mass is 10.1. The van der Waals surface area contributed by atoms with E-state index in [9.17, 15) is 4.79 Å². The summed E-state index contributed by atoms with van der Waals surface area (Å²) < 4.78 is 12.3. The van der Waals surface area contributed by atoms with Gasteiger partial charge < -0.3 is 9.47 Å². The molecule has 0 aliphatic rings. The van der Waals surface area contributed by atoms with Crippen LogP contribution in [-0.2, 0) is 13.0 Å². The molecule has 0 spiro atoms. The van der Waals surface area contributed by atoms with E-state index in [-0.39, 0.29) is 12.3 Å². The molecule has 0 aliphatic carbocycles. The minimum absolute atomic E-state index is 0.0787. The van der Waals surface area contributed by atoms with E-state index in [1.165, 1.54) is 7.11 Å². The first-order valence-electron chi connectivity index (χ1n) is 6.50. The summed E-state index contributed by atoms with van der Waals surface area (Å²) >= 11 is 5.13. The largest absolute Gasteiger partial charge is 0.497 e. The van der Waals surface area contributed by atoms with Gasteiger partial charge in [0.15, 0.2) is 5.78 Å².